The minimum absolute atomic E-state index is 0.0728. The molecule has 0 unspecified atom stereocenters. The van der Waals surface area contributed by atoms with Crippen molar-refractivity contribution in [3.8, 4) is 11.8 Å². The van der Waals surface area contributed by atoms with Gasteiger partial charge in [0.1, 0.15) is 12.4 Å². The molecular formula is C22H21N3O3. The number of nitrogens with zero attached hydrogens (tertiary/aromatic N) is 2. The molecule has 0 fully saturated rings. The third kappa shape index (κ3) is 3.74. The largest absolute Gasteiger partial charge is 0.490 e. The first-order valence-electron chi connectivity index (χ1n) is 8.87. The molecular weight excluding hydrogens is 354 g/mol. The number of nitriles is 1. The van der Waals surface area contributed by atoms with Gasteiger partial charge < -0.3 is 15.0 Å². The summed E-state index contributed by atoms with van der Waals surface area (Å²) in [5.74, 6) is 0.162. The van der Waals surface area contributed by atoms with E-state index in [-0.39, 0.29) is 18.4 Å². The van der Waals surface area contributed by atoms with Gasteiger partial charge in [0.25, 0.3) is 5.91 Å². The van der Waals surface area contributed by atoms with Gasteiger partial charge in [-0.2, -0.15) is 5.26 Å². The van der Waals surface area contributed by atoms with Crippen LogP contribution in [0, 0.1) is 16.7 Å². The minimum Gasteiger partial charge on any atom is -0.490 e. The molecule has 142 valence electrons. The van der Waals surface area contributed by atoms with Gasteiger partial charge in [-0.15, -0.1) is 6.58 Å². The topological polar surface area (TPSA) is 82.4 Å². The number of nitrogens with one attached hydrogen (secondary N) is 1. The lowest BCUT2D eigenvalue weighted by Gasteiger charge is -2.27. The van der Waals surface area contributed by atoms with E-state index in [0.29, 0.717) is 34.8 Å². The molecule has 1 heterocycles. The van der Waals surface area contributed by atoms with Crippen molar-refractivity contribution >= 4 is 23.2 Å². The summed E-state index contributed by atoms with van der Waals surface area (Å²) < 4.78 is 5.84. The highest BCUT2D eigenvalue weighted by Crippen LogP contribution is 2.38. The number of ether oxygens (including phenoxy) is 1. The molecule has 6 heteroatoms. The van der Waals surface area contributed by atoms with E-state index in [2.05, 4.69) is 11.9 Å². The Morgan fingerprint density at radius 1 is 1.36 bits per heavy atom. The highest BCUT2D eigenvalue weighted by molar-refractivity contribution is 6.05. The molecule has 0 bridgehead atoms. The number of amides is 2. The second kappa shape index (κ2) is 7.57. The summed E-state index contributed by atoms with van der Waals surface area (Å²) in [5.41, 5.74) is 1.22. The van der Waals surface area contributed by atoms with Gasteiger partial charge in [0.05, 0.1) is 22.7 Å². The summed E-state index contributed by atoms with van der Waals surface area (Å²) in [6.07, 6.45) is 1.65. The van der Waals surface area contributed by atoms with Gasteiger partial charge in [-0.25, -0.2) is 0 Å². The third-order valence-corrected chi connectivity index (χ3v) is 4.49. The van der Waals surface area contributed by atoms with Crippen LogP contribution in [0.4, 0.5) is 11.4 Å². The predicted molar refractivity (Wildman–Crippen MR) is 107 cm³/mol. The van der Waals surface area contributed by atoms with E-state index >= 15 is 0 Å². The molecule has 0 atom stereocenters. The van der Waals surface area contributed by atoms with Gasteiger partial charge >= 0.3 is 0 Å². The maximum absolute atomic E-state index is 12.9. The Kier molecular flexibility index (Phi) is 5.18. The Morgan fingerprint density at radius 3 is 2.86 bits per heavy atom. The lowest BCUT2D eigenvalue weighted by Crippen LogP contribution is -2.42. The van der Waals surface area contributed by atoms with E-state index in [1.807, 2.05) is 19.9 Å². The zero-order valence-corrected chi connectivity index (χ0v) is 15.9. The van der Waals surface area contributed by atoms with E-state index in [0.717, 1.165) is 0 Å². The van der Waals surface area contributed by atoms with Crippen molar-refractivity contribution in [2.24, 2.45) is 5.41 Å². The van der Waals surface area contributed by atoms with Gasteiger partial charge in [0.15, 0.2) is 0 Å². The summed E-state index contributed by atoms with van der Waals surface area (Å²) in [4.78, 5) is 27.1. The highest BCUT2D eigenvalue weighted by Gasteiger charge is 2.37. The Morgan fingerprint density at radius 2 is 2.14 bits per heavy atom. The van der Waals surface area contributed by atoms with Crippen LogP contribution < -0.4 is 15.0 Å². The monoisotopic (exact) mass is 375 g/mol. The molecule has 0 saturated carbocycles. The SMILES string of the molecule is C=CCN1C(=O)C(C)(C)COc2ccc(NC(=O)c3cccc(C#N)c3)cc21. The number of hydrogen-bond acceptors (Lipinski definition) is 4. The quantitative estimate of drug-likeness (QED) is 0.825. The van der Waals surface area contributed by atoms with Gasteiger partial charge in [-0.3, -0.25) is 9.59 Å². The minimum atomic E-state index is -0.677. The Balaban J connectivity index is 1.93. The van der Waals surface area contributed by atoms with Crippen molar-refractivity contribution in [1.82, 2.24) is 0 Å². The molecule has 0 saturated heterocycles. The van der Waals surface area contributed by atoms with Crippen molar-refractivity contribution in [2.45, 2.75) is 13.8 Å². The second-order valence-electron chi connectivity index (χ2n) is 7.21. The number of anilines is 2. The van der Waals surface area contributed by atoms with Crippen molar-refractivity contribution < 1.29 is 14.3 Å². The zero-order valence-electron chi connectivity index (χ0n) is 15.9. The molecule has 0 aliphatic carbocycles. The molecule has 1 aliphatic rings. The van der Waals surface area contributed by atoms with Gasteiger partial charge in [-0.1, -0.05) is 12.1 Å². The number of fused-ring (bicyclic) bond motifs is 1. The van der Waals surface area contributed by atoms with Crippen LogP contribution >= 0.6 is 0 Å². The molecule has 1 N–H and O–H groups in total. The number of carbonyl (C=O) groups excluding carboxylic acids is 2. The molecule has 28 heavy (non-hydrogen) atoms. The fourth-order valence-corrected chi connectivity index (χ4v) is 2.97. The first kappa shape index (κ1) is 19.2. The molecule has 0 radical (unpaired) electrons. The fourth-order valence-electron chi connectivity index (χ4n) is 2.97. The van der Waals surface area contributed by atoms with Crippen molar-refractivity contribution in [3.63, 3.8) is 0 Å². The smallest absolute Gasteiger partial charge is 0.255 e. The molecule has 2 aromatic rings. The highest BCUT2D eigenvalue weighted by atomic mass is 16.5. The normalized spacial score (nSPS) is 14.9. The Hall–Kier alpha value is -3.59. The molecule has 2 amide bonds. The average Bonchev–Trinajstić information content (AvgIpc) is 2.78. The maximum Gasteiger partial charge on any atom is 0.255 e. The van der Waals surface area contributed by atoms with Gasteiger partial charge in [0.2, 0.25) is 5.91 Å². The van der Waals surface area contributed by atoms with Crippen molar-refractivity contribution in [1.29, 1.82) is 5.26 Å². The van der Waals surface area contributed by atoms with Gasteiger partial charge in [-0.05, 0) is 50.2 Å². The molecule has 0 aromatic heterocycles. The lowest BCUT2D eigenvalue weighted by atomic mass is 9.93. The molecule has 2 aromatic carbocycles. The summed E-state index contributed by atoms with van der Waals surface area (Å²) in [6.45, 7) is 8.00. The van der Waals surface area contributed by atoms with Crippen LogP contribution in [0.5, 0.6) is 5.75 Å². The first-order chi connectivity index (χ1) is 13.4. The van der Waals surface area contributed by atoms with Crippen LogP contribution in [0.25, 0.3) is 0 Å². The third-order valence-electron chi connectivity index (χ3n) is 4.49. The van der Waals surface area contributed by atoms with Crippen LogP contribution in [0.1, 0.15) is 29.8 Å². The summed E-state index contributed by atoms with van der Waals surface area (Å²) in [5, 5.41) is 11.8. The molecule has 6 nitrogen and oxygen atoms in total. The Bertz CT molecular complexity index is 989. The second-order valence-corrected chi connectivity index (χ2v) is 7.21. The van der Waals surface area contributed by atoms with Crippen LogP contribution in [0.15, 0.2) is 55.1 Å². The summed E-state index contributed by atoms with van der Waals surface area (Å²) >= 11 is 0. The first-order valence-corrected chi connectivity index (χ1v) is 8.87. The fraction of sp³-hybridized carbons (Fsp3) is 0.227. The van der Waals surface area contributed by atoms with Crippen molar-refractivity contribution in [3.05, 3.63) is 66.2 Å². The van der Waals surface area contributed by atoms with E-state index in [1.165, 1.54) is 6.07 Å². The average molecular weight is 375 g/mol. The lowest BCUT2D eigenvalue weighted by molar-refractivity contribution is -0.127. The number of benzene rings is 2. The van der Waals surface area contributed by atoms with Crippen LogP contribution in [-0.2, 0) is 4.79 Å². The summed E-state index contributed by atoms with van der Waals surface area (Å²) in [7, 11) is 0. The van der Waals surface area contributed by atoms with Crippen LogP contribution in [0.2, 0.25) is 0 Å². The summed E-state index contributed by atoms with van der Waals surface area (Å²) in [6, 6.07) is 13.6. The Labute approximate surface area is 164 Å². The van der Waals surface area contributed by atoms with Gasteiger partial charge in [0, 0.05) is 17.8 Å². The van der Waals surface area contributed by atoms with E-state index in [4.69, 9.17) is 10.00 Å². The number of hydrogen-bond donors (Lipinski definition) is 1. The van der Waals surface area contributed by atoms with Crippen LogP contribution in [0.3, 0.4) is 0 Å². The maximum atomic E-state index is 12.9. The van der Waals surface area contributed by atoms with E-state index in [9.17, 15) is 9.59 Å². The zero-order chi connectivity index (χ0) is 20.3. The van der Waals surface area contributed by atoms with E-state index < -0.39 is 5.41 Å². The molecule has 0 spiro atoms. The number of carbonyl (C=O) groups is 2. The standard InChI is InChI=1S/C22H21N3O3/c1-4-10-25-18-12-17(8-9-19(18)28-14-22(2,3)21(25)27)24-20(26)16-7-5-6-15(11-16)13-23/h4-9,11-12H,1,10,14H2,2-3H3,(H,24,26). The predicted octanol–water partition coefficient (Wildman–Crippen LogP) is 3.75. The van der Waals surface area contributed by atoms with Crippen molar-refractivity contribution in [2.75, 3.05) is 23.4 Å². The number of rotatable bonds is 4. The van der Waals surface area contributed by atoms with Crippen LogP contribution in [-0.4, -0.2) is 25.0 Å². The van der Waals surface area contributed by atoms with E-state index in [1.54, 1.807) is 47.4 Å². The molecule has 1 aliphatic heterocycles. The molecule has 3 rings (SSSR count).